The lowest BCUT2D eigenvalue weighted by Crippen LogP contribution is -2.32. The van der Waals surface area contributed by atoms with Gasteiger partial charge in [-0.1, -0.05) is 0 Å². The molecule has 1 aromatic carbocycles. The van der Waals surface area contributed by atoms with Crippen molar-refractivity contribution in [2.24, 2.45) is 0 Å². The number of ether oxygens (including phenoxy) is 1. The highest BCUT2D eigenvalue weighted by Gasteiger charge is 2.12. The van der Waals surface area contributed by atoms with Gasteiger partial charge in [0.25, 0.3) is 0 Å². The maximum Gasteiger partial charge on any atom is 0.166 e. The molecule has 0 unspecified atom stereocenters. The molecule has 0 saturated carbocycles. The molecule has 0 fully saturated rings. The molecule has 5 heteroatoms. The molecule has 0 aliphatic rings. The lowest BCUT2D eigenvalue weighted by Gasteiger charge is -2.15. The van der Waals surface area contributed by atoms with E-state index < -0.39 is 0 Å². The van der Waals surface area contributed by atoms with Crippen LogP contribution in [-0.4, -0.2) is 24.4 Å². The topological polar surface area (TPSA) is 53.5 Å². The molecule has 4 nitrogen and oxygen atoms in total. The second-order valence-electron chi connectivity index (χ2n) is 3.77. The van der Waals surface area contributed by atoms with Gasteiger partial charge in [0.2, 0.25) is 0 Å². The normalized spacial score (nSPS) is 9.88. The highest BCUT2D eigenvalue weighted by molar-refractivity contribution is 7.80. The predicted octanol–water partition coefficient (Wildman–Crippen LogP) is 1.61. The van der Waals surface area contributed by atoms with E-state index in [0.29, 0.717) is 17.4 Å². The third-order valence-corrected chi connectivity index (χ3v) is 3.17. The van der Waals surface area contributed by atoms with Crippen molar-refractivity contribution in [2.45, 2.75) is 20.4 Å². The molecule has 3 N–H and O–H groups in total. The lowest BCUT2D eigenvalue weighted by atomic mass is 10.0. The standard InChI is InChI=1S/C12H18N2O2S/c1-7-8(2)11(15)10(16-4)5-9(7)6-14-12(17)13-3/h5,15H,6H2,1-4H3,(H2,13,14,17). The van der Waals surface area contributed by atoms with Crippen molar-refractivity contribution in [1.29, 1.82) is 0 Å². The molecule has 1 rings (SSSR count). The minimum Gasteiger partial charge on any atom is -0.504 e. The van der Waals surface area contributed by atoms with Crippen LogP contribution in [0.3, 0.4) is 0 Å². The van der Waals surface area contributed by atoms with Crippen molar-refractivity contribution in [1.82, 2.24) is 10.6 Å². The van der Waals surface area contributed by atoms with Gasteiger partial charge in [0, 0.05) is 13.6 Å². The van der Waals surface area contributed by atoms with Crippen LogP contribution in [0.25, 0.3) is 0 Å². The van der Waals surface area contributed by atoms with Crippen molar-refractivity contribution in [3.63, 3.8) is 0 Å². The van der Waals surface area contributed by atoms with E-state index in [2.05, 4.69) is 10.6 Å². The second kappa shape index (κ2) is 5.72. The van der Waals surface area contributed by atoms with E-state index in [0.717, 1.165) is 16.7 Å². The third-order valence-electron chi connectivity index (χ3n) is 2.82. The first kappa shape index (κ1) is 13.6. The molecular weight excluding hydrogens is 236 g/mol. The Labute approximate surface area is 107 Å². The van der Waals surface area contributed by atoms with Crippen LogP contribution >= 0.6 is 12.2 Å². The minimum absolute atomic E-state index is 0.199. The smallest absolute Gasteiger partial charge is 0.166 e. The van der Waals surface area contributed by atoms with Crippen LogP contribution in [0.2, 0.25) is 0 Å². The highest BCUT2D eigenvalue weighted by atomic mass is 32.1. The first-order valence-corrected chi connectivity index (χ1v) is 5.73. The third kappa shape index (κ3) is 3.00. The SMILES string of the molecule is CNC(=S)NCc1cc(OC)c(O)c(C)c1C. The predicted molar refractivity (Wildman–Crippen MR) is 72.6 cm³/mol. The van der Waals surface area contributed by atoms with Crippen LogP contribution in [-0.2, 0) is 6.54 Å². The lowest BCUT2D eigenvalue weighted by molar-refractivity contribution is 0.370. The number of phenolic OH excluding ortho intramolecular Hbond substituents is 1. The number of benzene rings is 1. The number of nitrogens with one attached hydrogen (secondary N) is 2. The van der Waals surface area contributed by atoms with Crippen molar-refractivity contribution in [3.05, 3.63) is 22.8 Å². The first-order chi connectivity index (χ1) is 8.01. The molecule has 0 aliphatic heterocycles. The fourth-order valence-electron chi connectivity index (χ4n) is 1.54. The molecule has 0 amide bonds. The van der Waals surface area contributed by atoms with E-state index in [9.17, 15) is 5.11 Å². The van der Waals surface area contributed by atoms with E-state index in [1.165, 1.54) is 0 Å². The molecule has 17 heavy (non-hydrogen) atoms. The van der Waals surface area contributed by atoms with E-state index in [1.54, 1.807) is 14.2 Å². The molecule has 0 saturated heterocycles. The van der Waals surface area contributed by atoms with E-state index in [4.69, 9.17) is 17.0 Å². The van der Waals surface area contributed by atoms with Crippen LogP contribution in [0.4, 0.5) is 0 Å². The zero-order valence-corrected chi connectivity index (χ0v) is 11.4. The number of hydrogen-bond donors (Lipinski definition) is 3. The summed E-state index contributed by atoms with van der Waals surface area (Å²) < 4.78 is 5.13. The Balaban J connectivity index is 2.99. The molecule has 0 radical (unpaired) electrons. The average molecular weight is 254 g/mol. The van der Waals surface area contributed by atoms with Gasteiger partial charge in [0.15, 0.2) is 16.6 Å². The minimum atomic E-state index is 0.199. The van der Waals surface area contributed by atoms with Gasteiger partial charge in [0.1, 0.15) is 0 Å². The Morgan fingerprint density at radius 1 is 1.41 bits per heavy atom. The Bertz CT molecular complexity index is 433. The van der Waals surface area contributed by atoms with Gasteiger partial charge in [-0.15, -0.1) is 0 Å². The van der Waals surface area contributed by atoms with Gasteiger partial charge < -0.3 is 20.5 Å². The molecule has 1 aromatic rings. The summed E-state index contributed by atoms with van der Waals surface area (Å²) in [6.07, 6.45) is 0. The fraction of sp³-hybridized carbons (Fsp3) is 0.417. The Morgan fingerprint density at radius 3 is 2.59 bits per heavy atom. The van der Waals surface area contributed by atoms with Gasteiger partial charge in [-0.3, -0.25) is 0 Å². The summed E-state index contributed by atoms with van der Waals surface area (Å²) >= 11 is 5.01. The van der Waals surface area contributed by atoms with Gasteiger partial charge in [0.05, 0.1) is 7.11 Å². The second-order valence-corrected chi connectivity index (χ2v) is 4.18. The monoisotopic (exact) mass is 254 g/mol. The zero-order valence-electron chi connectivity index (χ0n) is 10.5. The molecule has 0 atom stereocenters. The molecule has 0 aromatic heterocycles. The van der Waals surface area contributed by atoms with Gasteiger partial charge in [-0.25, -0.2) is 0 Å². The summed E-state index contributed by atoms with van der Waals surface area (Å²) in [6, 6.07) is 1.82. The molecule has 0 aliphatic carbocycles. The summed E-state index contributed by atoms with van der Waals surface area (Å²) in [5.74, 6) is 0.685. The summed E-state index contributed by atoms with van der Waals surface area (Å²) in [5, 5.41) is 16.4. The zero-order chi connectivity index (χ0) is 13.0. The number of rotatable bonds is 3. The van der Waals surface area contributed by atoms with Crippen LogP contribution < -0.4 is 15.4 Å². The highest BCUT2D eigenvalue weighted by Crippen LogP contribution is 2.33. The number of thiocarbonyl (C=S) groups is 1. The summed E-state index contributed by atoms with van der Waals surface area (Å²) in [4.78, 5) is 0. The average Bonchev–Trinajstić information content (AvgIpc) is 2.34. The summed E-state index contributed by atoms with van der Waals surface area (Å²) in [6.45, 7) is 4.43. The van der Waals surface area contributed by atoms with Gasteiger partial charge in [-0.2, -0.15) is 0 Å². The Kier molecular flexibility index (Phi) is 4.57. The molecule has 0 bridgehead atoms. The number of aromatic hydroxyl groups is 1. The fourth-order valence-corrected chi connectivity index (χ4v) is 1.61. The van der Waals surface area contributed by atoms with Gasteiger partial charge >= 0.3 is 0 Å². The molecule has 0 heterocycles. The van der Waals surface area contributed by atoms with Crippen LogP contribution in [0.1, 0.15) is 16.7 Å². The van der Waals surface area contributed by atoms with E-state index >= 15 is 0 Å². The largest absolute Gasteiger partial charge is 0.504 e. The van der Waals surface area contributed by atoms with E-state index in [-0.39, 0.29) is 5.75 Å². The van der Waals surface area contributed by atoms with E-state index in [1.807, 2.05) is 19.9 Å². The number of methoxy groups -OCH3 is 1. The Hall–Kier alpha value is -1.49. The molecule has 0 spiro atoms. The molecule has 94 valence electrons. The first-order valence-electron chi connectivity index (χ1n) is 5.32. The van der Waals surface area contributed by atoms with Crippen molar-refractivity contribution in [2.75, 3.05) is 14.2 Å². The Morgan fingerprint density at radius 2 is 2.06 bits per heavy atom. The number of hydrogen-bond acceptors (Lipinski definition) is 3. The van der Waals surface area contributed by atoms with Crippen molar-refractivity contribution < 1.29 is 9.84 Å². The van der Waals surface area contributed by atoms with Gasteiger partial charge in [-0.05, 0) is 48.8 Å². The van der Waals surface area contributed by atoms with Crippen molar-refractivity contribution >= 4 is 17.3 Å². The van der Waals surface area contributed by atoms with Crippen LogP contribution in [0.15, 0.2) is 6.07 Å². The number of phenols is 1. The van der Waals surface area contributed by atoms with Crippen LogP contribution in [0.5, 0.6) is 11.5 Å². The summed E-state index contributed by atoms with van der Waals surface area (Å²) in [5.41, 5.74) is 2.92. The van der Waals surface area contributed by atoms with Crippen LogP contribution in [0, 0.1) is 13.8 Å². The maximum absolute atomic E-state index is 9.84. The quantitative estimate of drug-likeness (QED) is 0.716. The maximum atomic E-state index is 9.84. The summed E-state index contributed by atoms with van der Waals surface area (Å²) in [7, 11) is 3.31. The molecular formula is C12H18N2O2S. The van der Waals surface area contributed by atoms with Crippen molar-refractivity contribution in [3.8, 4) is 11.5 Å².